The second-order valence-electron chi connectivity index (χ2n) is 12.0. The van der Waals surface area contributed by atoms with E-state index in [1.807, 2.05) is 24.3 Å². The summed E-state index contributed by atoms with van der Waals surface area (Å²) in [5, 5.41) is 2.13. The number of amides is 1. The largest absolute Gasteiger partial charge is 0.489 e. The van der Waals surface area contributed by atoms with Crippen LogP contribution in [0.4, 0.5) is 0 Å². The summed E-state index contributed by atoms with van der Waals surface area (Å²) >= 11 is 13.9. The van der Waals surface area contributed by atoms with Crippen LogP contribution < -0.4 is 4.74 Å². The van der Waals surface area contributed by atoms with Gasteiger partial charge >= 0.3 is 0 Å². The van der Waals surface area contributed by atoms with Crippen molar-refractivity contribution in [3.63, 3.8) is 0 Å². The van der Waals surface area contributed by atoms with Gasteiger partial charge in [-0.25, -0.2) is 0 Å². The predicted molar refractivity (Wildman–Crippen MR) is 180 cm³/mol. The summed E-state index contributed by atoms with van der Waals surface area (Å²) in [6.45, 7) is 4.59. The number of aromatic nitrogens is 1. The van der Waals surface area contributed by atoms with Gasteiger partial charge in [0.2, 0.25) is 0 Å². The van der Waals surface area contributed by atoms with Crippen molar-refractivity contribution in [1.82, 2.24) is 9.47 Å². The topological polar surface area (TPSA) is 46.8 Å². The minimum Gasteiger partial charge on any atom is -0.489 e. The molecule has 2 heterocycles. The van der Waals surface area contributed by atoms with Crippen LogP contribution in [0.3, 0.4) is 0 Å². The minimum absolute atomic E-state index is 0.124. The summed E-state index contributed by atoms with van der Waals surface area (Å²) in [5.41, 5.74) is 5.21. The van der Waals surface area contributed by atoms with E-state index in [1.54, 1.807) is 17.8 Å². The molecule has 226 valence electrons. The molecule has 43 heavy (non-hydrogen) atoms. The Balaban J connectivity index is 1.22. The van der Waals surface area contributed by atoms with Crippen molar-refractivity contribution in [2.24, 2.45) is 4.99 Å². The molecule has 0 spiro atoms. The SMILES string of the molecule is Cc1cc(C=C2SC(=NC3CCCCC3)N(C3CCCCC3)C2=O)c(C)n1-c1ccc(OCc2ccc(Cl)cc2Cl)cc1. The zero-order valence-corrected chi connectivity index (χ0v) is 27.3. The van der Waals surface area contributed by atoms with Gasteiger partial charge in [0, 0.05) is 38.7 Å². The highest BCUT2D eigenvalue weighted by Crippen LogP contribution is 2.39. The van der Waals surface area contributed by atoms with Crippen LogP contribution in [0.1, 0.15) is 86.7 Å². The van der Waals surface area contributed by atoms with E-state index in [2.05, 4.69) is 47.6 Å². The van der Waals surface area contributed by atoms with E-state index in [0.29, 0.717) is 22.7 Å². The Morgan fingerprint density at radius 2 is 1.63 bits per heavy atom. The molecule has 2 aliphatic carbocycles. The van der Waals surface area contributed by atoms with E-state index in [1.165, 1.54) is 38.5 Å². The summed E-state index contributed by atoms with van der Waals surface area (Å²) in [4.78, 5) is 21.9. The van der Waals surface area contributed by atoms with Gasteiger partial charge in [0.1, 0.15) is 12.4 Å². The van der Waals surface area contributed by atoms with Crippen molar-refractivity contribution in [1.29, 1.82) is 0 Å². The van der Waals surface area contributed by atoms with Crippen molar-refractivity contribution < 1.29 is 9.53 Å². The second-order valence-corrected chi connectivity index (χ2v) is 13.8. The van der Waals surface area contributed by atoms with Gasteiger partial charge in [-0.1, -0.05) is 67.8 Å². The average molecular weight is 637 g/mol. The van der Waals surface area contributed by atoms with Crippen molar-refractivity contribution in [2.75, 3.05) is 0 Å². The highest BCUT2D eigenvalue weighted by molar-refractivity contribution is 8.18. The molecule has 0 bridgehead atoms. The maximum Gasteiger partial charge on any atom is 0.267 e. The molecule has 1 saturated heterocycles. The molecule has 3 aromatic rings. The number of hydrogen-bond acceptors (Lipinski definition) is 4. The van der Waals surface area contributed by atoms with Crippen LogP contribution in [0.2, 0.25) is 10.0 Å². The molecule has 5 nitrogen and oxygen atoms in total. The van der Waals surface area contributed by atoms with Crippen molar-refractivity contribution in [3.05, 3.63) is 86.0 Å². The molecule has 1 amide bonds. The summed E-state index contributed by atoms with van der Waals surface area (Å²) in [6.07, 6.45) is 13.9. The quantitative estimate of drug-likeness (QED) is 0.243. The van der Waals surface area contributed by atoms with E-state index in [0.717, 1.165) is 69.7 Å². The van der Waals surface area contributed by atoms with E-state index >= 15 is 0 Å². The lowest BCUT2D eigenvalue weighted by atomic mass is 9.94. The molecule has 1 aromatic heterocycles. The Labute approximate surface area is 269 Å². The summed E-state index contributed by atoms with van der Waals surface area (Å²) in [5.74, 6) is 0.888. The number of benzene rings is 2. The predicted octanol–water partition coefficient (Wildman–Crippen LogP) is 9.92. The van der Waals surface area contributed by atoms with Crippen LogP contribution in [-0.4, -0.2) is 32.6 Å². The monoisotopic (exact) mass is 635 g/mol. The maximum atomic E-state index is 13.9. The first-order valence-electron chi connectivity index (χ1n) is 15.5. The Morgan fingerprint density at radius 3 is 2.33 bits per heavy atom. The van der Waals surface area contributed by atoms with Crippen molar-refractivity contribution in [3.8, 4) is 11.4 Å². The molecule has 0 atom stereocenters. The number of carbonyl (C=O) groups is 1. The first kappa shape index (κ1) is 30.4. The molecule has 0 unspecified atom stereocenters. The molecule has 6 rings (SSSR count). The third-order valence-electron chi connectivity index (χ3n) is 8.91. The number of halogens is 2. The minimum atomic E-state index is 0.124. The van der Waals surface area contributed by atoms with Gasteiger partial charge in [-0.2, -0.15) is 0 Å². The number of amidine groups is 1. The van der Waals surface area contributed by atoms with Crippen LogP contribution >= 0.6 is 35.0 Å². The van der Waals surface area contributed by atoms with Crippen LogP contribution in [0.25, 0.3) is 11.8 Å². The fourth-order valence-corrected chi connectivity index (χ4v) is 8.13. The molecular formula is C35H39Cl2N3O2S. The molecule has 3 fully saturated rings. The third kappa shape index (κ3) is 6.87. The number of ether oxygens (including phenoxy) is 1. The number of nitrogens with zero attached hydrogens (tertiary/aromatic N) is 3. The van der Waals surface area contributed by atoms with Crippen LogP contribution in [0, 0.1) is 13.8 Å². The van der Waals surface area contributed by atoms with Gasteiger partial charge in [0.25, 0.3) is 5.91 Å². The smallest absolute Gasteiger partial charge is 0.267 e. The lowest BCUT2D eigenvalue weighted by Crippen LogP contribution is -2.41. The molecule has 0 N–H and O–H groups in total. The lowest BCUT2D eigenvalue weighted by Gasteiger charge is -2.31. The number of hydrogen-bond donors (Lipinski definition) is 0. The molecule has 2 saturated carbocycles. The Kier molecular flexibility index (Phi) is 9.56. The van der Waals surface area contributed by atoms with Gasteiger partial charge in [-0.05, 0) is 105 Å². The van der Waals surface area contributed by atoms with E-state index < -0.39 is 0 Å². The van der Waals surface area contributed by atoms with Gasteiger partial charge in [-0.15, -0.1) is 0 Å². The van der Waals surface area contributed by atoms with Crippen LogP contribution in [0.15, 0.2) is 58.4 Å². The third-order valence-corrected chi connectivity index (χ3v) is 10.5. The fraction of sp³-hybridized carbons (Fsp3) is 0.429. The van der Waals surface area contributed by atoms with Gasteiger partial charge in [-0.3, -0.25) is 14.7 Å². The number of carbonyl (C=O) groups excluding carboxylic acids is 1. The second kappa shape index (κ2) is 13.5. The van der Waals surface area contributed by atoms with Crippen LogP contribution in [0.5, 0.6) is 5.75 Å². The van der Waals surface area contributed by atoms with Gasteiger partial charge < -0.3 is 9.30 Å². The molecule has 2 aromatic carbocycles. The number of aliphatic imine (C=N–C) groups is 1. The number of thioether (sulfide) groups is 1. The van der Waals surface area contributed by atoms with Crippen LogP contribution in [-0.2, 0) is 11.4 Å². The van der Waals surface area contributed by atoms with Gasteiger partial charge in [0.05, 0.1) is 10.9 Å². The Morgan fingerprint density at radius 1 is 0.930 bits per heavy atom. The molecule has 0 radical (unpaired) electrons. The standard InChI is InChI=1S/C35H39Cl2N3O2S/c1-23-19-26(24(2)39(23)30-15-17-31(18-16-30)42-22-25-13-14-27(36)21-32(25)37)20-33-34(41)40(29-11-7-4-8-12-29)35(43-33)38-28-9-5-3-6-10-28/h13-21,28-29H,3-12,22H2,1-2H3. The zero-order valence-electron chi connectivity index (χ0n) is 25.0. The van der Waals surface area contributed by atoms with E-state index in [-0.39, 0.29) is 11.9 Å². The zero-order chi connectivity index (χ0) is 29.9. The molecular weight excluding hydrogens is 597 g/mol. The summed E-state index contributed by atoms with van der Waals surface area (Å²) < 4.78 is 8.22. The Hall–Kier alpha value is -2.67. The molecule has 3 aliphatic rings. The summed E-state index contributed by atoms with van der Waals surface area (Å²) in [6, 6.07) is 16.3. The number of rotatable bonds is 7. The van der Waals surface area contributed by atoms with Crippen molar-refractivity contribution >= 4 is 52.1 Å². The first-order chi connectivity index (χ1) is 20.9. The Bertz CT molecular complexity index is 1530. The highest BCUT2D eigenvalue weighted by atomic mass is 35.5. The average Bonchev–Trinajstić information content (AvgIpc) is 3.47. The normalized spacial score (nSPS) is 20.5. The highest BCUT2D eigenvalue weighted by Gasteiger charge is 2.39. The maximum absolute atomic E-state index is 13.9. The summed E-state index contributed by atoms with van der Waals surface area (Å²) in [7, 11) is 0. The molecule has 8 heteroatoms. The van der Waals surface area contributed by atoms with Gasteiger partial charge in [0.15, 0.2) is 5.17 Å². The van der Waals surface area contributed by atoms with E-state index in [4.69, 9.17) is 32.9 Å². The molecule has 1 aliphatic heterocycles. The number of aryl methyl sites for hydroxylation is 1. The van der Waals surface area contributed by atoms with Crippen molar-refractivity contribution in [2.45, 2.75) is 96.7 Å². The fourth-order valence-electron chi connectivity index (χ4n) is 6.57. The first-order valence-corrected chi connectivity index (χ1v) is 17.1. The van der Waals surface area contributed by atoms with E-state index in [9.17, 15) is 4.79 Å². The lowest BCUT2D eigenvalue weighted by molar-refractivity contribution is -0.124.